The minimum atomic E-state index is -4.24. The van der Waals surface area contributed by atoms with E-state index in [1.54, 1.807) is 37.3 Å². The van der Waals surface area contributed by atoms with Crippen molar-refractivity contribution in [3.63, 3.8) is 0 Å². The van der Waals surface area contributed by atoms with Gasteiger partial charge in [-0.15, -0.1) is 0 Å². The number of aryl methyl sites for hydroxylation is 1. The molecule has 0 radical (unpaired) electrons. The molecule has 41 heavy (non-hydrogen) atoms. The molecule has 3 aromatic carbocycles. The van der Waals surface area contributed by atoms with Crippen molar-refractivity contribution >= 4 is 27.5 Å². The molecule has 1 N–H and O–H groups in total. The number of carbonyl (C=O) groups is 2. The van der Waals surface area contributed by atoms with E-state index in [0.29, 0.717) is 5.75 Å². The summed E-state index contributed by atoms with van der Waals surface area (Å²) in [7, 11) is -1.35. The molecule has 9 nitrogen and oxygen atoms in total. The number of nitrogens with zero attached hydrogens (tertiary/aromatic N) is 2. The summed E-state index contributed by atoms with van der Waals surface area (Å²) in [5.74, 6) is -0.243. The SMILES string of the molecule is CC[C@@H](C)NC(=O)[C@@H](C)N(Cc1ccccc1C)C(=O)CN(c1cc(OC)ccc1OC)S(=O)(=O)c1ccccc1. The molecule has 0 aliphatic heterocycles. The Balaban J connectivity index is 2.11. The average molecular weight is 582 g/mol. The Morgan fingerprint density at radius 2 is 1.59 bits per heavy atom. The number of ether oxygens (including phenoxy) is 2. The van der Waals surface area contributed by atoms with Crippen LogP contribution in [0.3, 0.4) is 0 Å². The largest absolute Gasteiger partial charge is 0.497 e. The fourth-order valence-corrected chi connectivity index (χ4v) is 5.68. The van der Waals surface area contributed by atoms with Crippen LogP contribution in [0, 0.1) is 6.92 Å². The summed E-state index contributed by atoms with van der Waals surface area (Å²) >= 11 is 0. The summed E-state index contributed by atoms with van der Waals surface area (Å²) in [6.45, 7) is 6.97. The van der Waals surface area contributed by atoms with Gasteiger partial charge in [-0.2, -0.15) is 0 Å². The highest BCUT2D eigenvalue weighted by molar-refractivity contribution is 7.92. The summed E-state index contributed by atoms with van der Waals surface area (Å²) in [6, 6.07) is 19.2. The highest BCUT2D eigenvalue weighted by atomic mass is 32.2. The van der Waals surface area contributed by atoms with Crippen LogP contribution >= 0.6 is 0 Å². The van der Waals surface area contributed by atoms with Gasteiger partial charge in [0.2, 0.25) is 11.8 Å². The molecule has 0 aromatic heterocycles. The Morgan fingerprint density at radius 1 is 0.927 bits per heavy atom. The standard InChI is InChI=1S/C31H39N3O6S/c1-7-23(3)32-31(36)24(4)33(20-25-14-12-11-13-22(25)2)30(35)21-34(41(37,38)27-15-9-8-10-16-27)28-19-26(39-5)17-18-29(28)40-6/h8-19,23-24H,7,20-21H2,1-6H3,(H,32,36)/t23-,24-/m1/s1. The molecule has 0 fully saturated rings. The van der Waals surface area contributed by atoms with Crippen molar-refractivity contribution in [3.8, 4) is 11.5 Å². The summed E-state index contributed by atoms with van der Waals surface area (Å²) in [5.41, 5.74) is 1.93. The van der Waals surface area contributed by atoms with Crippen LogP contribution in [0.4, 0.5) is 5.69 Å². The zero-order valence-corrected chi connectivity index (χ0v) is 25.3. The van der Waals surface area contributed by atoms with Gasteiger partial charge in [-0.1, -0.05) is 49.4 Å². The van der Waals surface area contributed by atoms with E-state index in [4.69, 9.17) is 9.47 Å². The van der Waals surface area contributed by atoms with Gasteiger partial charge in [0, 0.05) is 18.7 Å². The van der Waals surface area contributed by atoms with Gasteiger partial charge in [-0.3, -0.25) is 13.9 Å². The molecule has 0 bridgehead atoms. The highest BCUT2D eigenvalue weighted by Gasteiger charge is 2.34. The lowest BCUT2D eigenvalue weighted by atomic mass is 10.1. The molecule has 0 aliphatic rings. The maximum absolute atomic E-state index is 14.1. The van der Waals surface area contributed by atoms with Crippen LogP contribution in [-0.4, -0.2) is 58.0 Å². The summed E-state index contributed by atoms with van der Waals surface area (Å²) in [5, 5.41) is 2.94. The summed E-state index contributed by atoms with van der Waals surface area (Å²) < 4.78 is 39.9. The first-order valence-electron chi connectivity index (χ1n) is 13.5. The molecule has 0 saturated heterocycles. The minimum absolute atomic E-state index is 0.00527. The maximum Gasteiger partial charge on any atom is 0.264 e. The topological polar surface area (TPSA) is 105 Å². The number of rotatable bonds is 13. The Hall–Kier alpha value is -4.05. The zero-order valence-electron chi connectivity index (χ0n) is 24.5. The highest BCUT2D eigenvalue weighted by Crippen LogP contribution is 2.36. The molecule has 0 aliphatic carbocycles. The zero-order chi connectivity index (χ0) is 30.2. The Morgan fingerprint density at radius 3 is 2.20 bits per heavy atom. The second-order valence-corrected chi connectivity index (χ2v) is 11.7. The van der Waals surface area contributed by atoms with Gasteiger partial charge < -0.3 is 19.7 Å². The lowest BCUT2D eigenvalue weighted by molar-refractivity contribution is -0.139. The van der Waals surface area contributed by atoms with Crippen molar-refractivity contribution in [1.29, 1.82) is 0 Å². The third kappa shape index (κ3) is 7.58. The molecule has 3 rings (SSSR count). The molecular weight excluding hydrogens is 542 g/mol. The van der Waals surface area contributed by atoms with Crippen molar-refractivity contribution in [2.24, 2.45) is 0 Å². The molecule has 0 unspecified atom stereocenters. The van der Waals surface area contributed by atoms with Gasteiger partial charge in [0.05, 0.1) is 24.8 Å². The van der Waals surface area contributed by atoms with Gasteiger partial charge in [0.1, 0.15) is 24.1 Å². The Labute approximate surface area is 243 Å². The lowest BCUT2D eigenvalue weighted by Crippen LogP contribution is -2.52. The van der Waals surface area contributed by atoms with E-state index in [0.717, 1.165) is 21.9 Å². The normalized spacial score (nSPS) is 12.6. The van der Waals surface area contributed by atoms with Gasteiger partial charge in [-0.05, 0) is 62.6 Å². The van der Waals surface area contributed by atoms with E-state index in [9.17, 15) is 18.0 Å². The van der Waals surface area contributed by atoms with Crippen molar-refractivity contribution in [3.05, 3.63) is 83.9 Å². The molecule has 0 saturated carbocycles. The van der Waals surface area contributed by atoms with Gasteiger partial charge in [0.15, 0.2) is 0 Å². The smallest absolute Gasteiger partial charge is 0.264 e. The van der Waals surface area contributed by atoms with Gasteiger partial charge >= 0.3 is 0 Å². The van der Waals surface area contributed by atoms with Crippen LogP contribution in [0.2, 0.25) is 0 Å². The fourth-order valence-electron chi connectivity index (χ4n) is 4.24. The monoisotopic (exact) mass is 581 g/mol. The quantitative estimate of drug-likeness (QED) is 0.318. The van der Waals surface area contributed by atoms with Crippen LogP contribution < -0.4 is 19.1 Å². The molecule has 10 heteroatoms. The number of methoxy groups -OCH3 is 2. The molecule has 2 atom stereocenters. The number of hydrogen-bond acceptors (Lipinski definition) is 6. The van der Waals surface area contributed by atoms with E-state index < -0.39 is 28.5 Å². The number of carbonyl (C=O) groups excluding carboxylic acids is 2. The first-order valence-corrected chi connectivity index (χ1v) is 14.9. The lowest BCUT2D eigenvalue weighted by Gasteiger charge is -2.33. The number of sulfonamides is 1. The van der Waals surface area contributed by atoms with Crippen LogP contribution in [-0.2, 0) is 26.2 Å². The molecule has 3 aromatic rings. The first-order chi connectivity index (χ1) is 19.5. The molecule has 220 valence electrons. The maximum atomic E-state index is 14.1. The van der Waals surface area contributed by atoms with E-state index in [-0.39, 0.29) is 34.8 Å². The molecule has 2 amide bonds. The van der Waals surface area contributed by atoms with E-state index in [1.807, 2.05) is 45.0 Å². The Bertz CT molecular complexity index is 1450. The molecular formula is C31H39N3O6S. The minimum Gasteiger partial charge on any atom is -0.497 e. The average Bonchev–Trinajstić information content (AvgIpc) is 2.98. The number of benzene rings is 3. The van der Waals surface area contributed by atoms with Crippen molar-refractivity contribution in [2.45, 2.75) is 57.6 Å². The van der Waals surface area contributed by atoms with E-state index >= 15 is 0 Å². The van der Waals surface area contributed by atoms with Gasteiger partial charge in [0.25, 0.3) is 10.0 Å². The second-order valence-electron chi connectivity index (χ2n) is 9.80. The predicted molar refractivity (Wildman–Crippen MR) is 160 cm³/mol. The van der Waals surface area contributed by atoms with Gasteiger partial charge in [-0.25, -0.2) is 8.42 Å². The van der Waals surface area contributed by atoms with Crippen LogP contribution in [0.1, 0.15) is 38.3 Å². The number of amides is 2. The molecule has 0 heterocycles. The third-order valence-corrected chi connectivity index (χ3v) is 8.81. The Kier molecular flexibility index (Phi) is 10.8. The van der Waals surface area contributed by atoms with Crippen molar-refractivity contribution in [1.82, 2.24) is 10.2 Å². The third-order valence-electron chi connectivity index (χ3n) is 7.04. The number of hydrogen-bond donors (Lipinski definition) is 1. The molecule has 0 spiro atoms. The fraction of sp³-hybridized carbons (Fsp3) is 0.355. The predicted octanol–water partition coefficient (Wildman–Crippen LogP) is 4.54. The summed E-state index contributed by atoms with van der Waals surface area (Å²) in [4.78, 5) is 28.8. The van der Waals surface area contributed by atoms with Crippen molar-refractivity contribution in [2.75, 3.05) is 25.1 Å². The van der Waals surface area contributed by atoms with E-state index in [2.05, 4.69) is 5.32 Å². The van der Waals surface area contributed by atoms with Crippen LogP contribution in [0.15, 0.2) is 77.7 Å². The second kappa shape index (κ2) is 14.0. The number of anilines is 1. The summed E-state index contributed by atoms with van der Waals surface area (Å²) in [6.07, 6.45) is 0.725. The number of nitrogens with one attached hydrogen (secondary N) is 1. The van der Waals surface area contributed by atoms with Crippen LogP contribution in [0.25, 0.3) is 0 Å². The van der Waals surface area contributed by atoms with E-state index in [1.165, 1.54) is 37.3 Å². The van der Waals surface area contributed by atoms with Crippen molar-refractivity contribution < 1.29 is 27.5 Å². The first kappa shape index (κ1) is 31.5. The van der Waals surface area contributed by atoms with Crippen LogP contribution in [0.5, 0.6) is 11.5 Å².